The van der Waals surface area contributed by atoms with Crippen LogP contribution in [-0.4, -0.2) is 19.3 Å². The monoisotopic (exact) mass is 264 g/mol. The van der Waals surface area contributed by atoms with Crippen molar-refractivity contribution in [1.82, 2.24) is 19.3 Å². The Hall–Kier alpha value is -1.10. The molecule has 0 spiro atoms. The minimum atomic E-state index is 0.561. The Labute approximate surface area is 112 Å². The summed E-state index contributed by atoms with van der Waals surface area (Å²) in [5, 5.41) is 4.62. The molecular weight excluding hydrogens is 244 g/mol. The number of aryl methyl sites for hydroxylation is 2. The Balaban J connectivity index is 2.14. The van der Waals surface area contributed by atoms with Gasteiger partial charge in [-0.3, -0.25) is 9.25 Å². The Morgan fingerprint density at radius 3 is 2.78 bits per heavy atom. The van der Waals surface area contributed by atoms with Crippen LogP contribution in [0.25, 0.3) is 11.2 Å². The van der Waals surface area contributed by atoms with Crippen molar-refractivity contribution in [2.45, 2.75) is 45.6 Å². The highest BCUT2D eigenvalue weighted by Crippen LogP contribution is 2.39. The van der Waals surface area contributed by atoms with Crippen LogP contribution in [0.5, 0.6) is 0 Å². The molecule has 2 heterocycles. The molecule has 0 unspecified atom stereocenters. The fraction of sp³-hybridized carbons (Fsp3) is 0.692. The van der Waals surface area contributed by atoms with E-state index in [9.17, 15) is 0 Å². The first kappa shape index (κ1) is 12.0. The lowest BCUT2D eigenvalue weighted by Crippen LogP contribution is -2.25. The number of rotatable bonds is 3. The van der Waals surface area contributed by atoms with Crippen molar-refractivity contribution in [3.05, 3.63) is 10.5 Å². The number of hydrogen-bond donors (Lipinski definition) is 1. The molecule has 2 aromatic heterocycles. The lowest BCUT2D eigenvalue weighted by Gasteiger charge is -2.33. The van der Waals surface area contributed by atoms with E-state index >= 15 is 0 Å². The standard InChI is InChI=1S/C13H20N4S/c1-4-5-10-11-12(16(3)15-10)17(13(18)14-11)9-6-8(2)7-9/h8-9H,4-7H2,1-3H3,(H,14,18). The van der Waals surface area contributed by atoms with Crippen molar-refractivity contribution < 1.29 is 0 Å². The van der Waals surface area contributed by atoms with E-state index in [1.54, 1.807) is 0 Å². The summed E-state index contributed by atoms with van der Waals surface area (Å²) in [7, 11) is 2.02. The van der Waals surface area contributed by atoms with E-state index in [1.165, 1.54) is 18.5 Å². The van der Waals surface area contributed by atoms with Crippen LogP contribution in [0.1, 0.15) is 44.8 Å². The minimum absolute atomic E-state index is 0.561. The van der Waals surface area contributed by atoms with Gasteiger partial charge in [0.2, 0.25) is 0 Å². The molecule has 1 fully saturated rings. The zero-order valence-electron chi connectivity index (χ0n) is 11.2. The molecule has 1 aliphatic carbocycles. The number of aromatic amines is 1. The summed E-state index contributed by atoms with van der Waals surface area (Å²) in [6.45, 7) is 4.48. The maximum absolute atomic E-state index is 5.49. The van der Waals surface area contributed by atoms with Crippen molar-refractivity contribution >= 4 is 23.4 Å². The Morgan fingerprint density at radius 1 is 1.44 bits per heavy atom. The minimum Gasteiger partial charge on any atom is -0.328 e. The van der Waals surface area contributed by atoms with Crippen LogP contribution in [0.15, 0.2) is 0 Å². The zero-order valence-corrected chi connectivity index (χ0v) is 12.0. The number of fused-ring (bicyclic) bond motifs is 1. The number of imidazole rings is 1. The van der Waals surface area contributed by atoms with Gasteiger partial charge in [0.15, 0.2) is 10.4 Å². The number of H-pyrrole nitrogens is 1. The van der Waals surface area contributed by atoms with Crippen LogP contribution in [0.3, 0.4) is 0 Å². The number of hydrogen-bond acceptors (Lipinski definition) is 2. The first-order chi connectivity index (χ1) is 8.61. The molecule has 1 aliphatic rings. The van der Waals surface area contributed by atoms with E-state index in [0.717, 1.165) is 34.7 Å². The molecule has 1 N–H and O–H groups in total. The van der Waals surface area contributed by atoms with E-state index in [2.05, 4.69) is 28.5 Å². The van der Waals surface area contributed by atoms with Gasteiger partial charge in [-0.25, -0.2) is 0 Å². The molecule has 0 bridgehead atoms. The second-order valence-corrected chi connectivity index (χ2v) is 5.94. The molecule has 0 aromatic carbocycles. The Kier molecular flexibility index (Phi) is 2.81. The summed E-state index contributed by atoms with van der Waals surface area (Å²) < 4.78 is 5.11. The largest absolute Gasteiger partial charge is 0.328 e. The molecule has 0 atom stereocenters. The van der Waals surface area contributed by atoms with Crippen LogP contribution >= 0.6 is 12.2 Å². The lowest BCUT2D eigenvalue weighted by atomic mass is 9.82. The molecular formula is C13H20N4S. The van der Waals surface area contributed by atoms with E-state index in [4.69, 9.17) is 12.2 Å². The number of aromatic nitrogens is 4. The molecule has 5 heteroatoms. The van der Waals surface area contributed by atoms with Crippen molar-refractivity contribution in [1.29, 1.82) is 0 Å². The van der Waals surface area contributed by atoms with Crippen LogP contribution in [0.4, 0.5) is 0 Å². The van der Waals surface area contributed by atoms with Gasteiger partial charge < -0.3 is 4.98 Å². The van der Waals surface area contributed by atoms with E-state index < -0.39 is 0 Å². The van der Waals surface area contributed by atoms with E-state index in [0.29, 0.717) is 6.04 Å². The summed E-state index contributed by atoms with van der Waals surface area (Å²) in [4.78, 5) is 3.36. The van der Waals surface area contributed by atoms with Gasteiger partial charge in [-0.05, 0) is 37.4 Å². The molecule has 2 aromatic rings. The van der Waals surface area contributed by atoms with Gasteiger partial charge in [0.1, 0.15) is 5.52 Å². The zero-order chi connectivity index (χ0) is 12.9. The number of nitrogens with one attached hydrogen (secondary N) is 1. The van der Waals surface area contributed by atoms with E-state index in [-0.39, 0.29) is 0 Å². The van der Waals surface area contributed by atoms with Crippen LogP contribution in [0, 0.1) is 10.7 Å². The normalized spacial score (nSPS) is 23.5. The molecule has 0 radical (unpaired) electrons. The highest BCUT2D eigenvalue weighted by molar-refractivity contribution is 7.71. The third-order valence-corrected chi connectivity index (χ3v) is 4.27. The smallest absolute Gasteiger partial charge is 0.179 e. The van der Waals surface area contributed by atoms with E-state index in [1.807, 2.05) is 11.7 Å². The van der Waals surface area contributed by atoms with Gasteiger partial charge in [0.25, 0.3) is 0 Å². The van der Waals surface area contributed by atoms with Crippen molar-refractivity contribution in [3.8, 4) is 0 Å². The van der Waals surface area contributed by atoms with Gasteiger partial charge >= 0.3 is 0 Å². The highest BCUT2D eigenvalue weighted by Gasteiger charge is 2.30. The SMILES string of the molecule is CCCc1nn(C)c2c1[nH]c(=S)n2C1CC(C)C1. The average Bonchev–Trinajstić information content (AvgIpc) is 2.74. The van der Waals surface area contributed by atoms with Gasteiger partial charge in [-0.2, -0.15) is 5.10 Å². The van der Waals surface area contributed by atoms with Gasteiger partial charge in [-0.1, -0.05) is 20.3 Å². The molecule has 18 heavy (non-hydrogen) atoms. The first-order valence-electron chi connectivity index (χ1n) is 6.77. The topological polar surface area (TPSA) is 38.5 Å². The third-order valence-electron chi connectivity index (χ3n) is 3.97. The summed E-state index contributed by atoms with van der Waals surface area (Å²) in [5.41, 5.74) is 3.46. The maximum atomic E-state index is 5.49. The second kappa shape index (κ2) is 4.23. The van der Waals surface area contributed by atoms with Gasteiger partial charge in [0.05, 0.1) is 5.69 Å². The lowest BCUT2D eigenvalue weighted by molar-refractivity contribution is 0.217. The molecule has 0 amide bonds. The van der Waals surface area contributed by atoms with Crippen molar-refractivity contribution in [2.24, 2.45) is 13.0 Å². The average molecular weight is 264 g/mol. The molecule has 98 valence electrons. The molecule has 4 nitrogen and oxygen atoms in total. The molecule has 1 saturated carbocycles. The Bertz CT molecular complexity index is 627. The molecule has 0 saturated heterocycles. The summed E-state index contributed by atoms with van der Waals surface area (Å²) in [6.07, 6.45) is 4.58. The molecule has 0 aliphatic heterocycles. The van der Waals surface area contributed by atoms with Gasteiger partial charge in [-0.15, -0.1) is 0 Å². The number of nitrogens with zero attached hydrogens (tertiary/aromatic N) is 3. The van der Waals surface area contributed by atoms with Crippen molar-refractivity contribution in [2.75, 3.05) is 0 Å². The summed E-state index contributed by atoms with van der Waals surface area (Å²) in [6, 6.07) is 0.561. The first-order valence-corrected chi connectivity index (χ1v) is 7.18. The quantitative estimate of drug-likeness (QED) is 0.863. The maximum Gasteiger partial charge on any atom is 0.179 e. The predicted octanol–water partition coefficient (Wildman–Crippen LogP) is 3.36. The van der Waals surface area contributed by atoms with Crippen LogP contribution < -0.4 is 0 Å². The Morgan fingerprint density at radius 2 is 2.17 bits per heavy atom. The van der Waals surface area contributed by atoms with Crippen LogP contribution in [-0.2, 0) is 13.5 Å². The predicted molar refractivity (Wildman–Crippen MR) is 75.3 cm³/mol. The summed E-state index contributed by atoms with van der Waals surface area (Å²) >= 11 is 5.49. The second-order valence-electron chi connectivity index (χ2n) is 5.55. The fourth-order valence-corrected chi connectivity index (χ4v) is 3.40. The third kappa shape index (κ3) is 1.64. The van der Waals surface area contributed by atoms with Crippen LogP contribution in [0.2, 0.25) is 0 Å². The highest BCUT2D eigenvalue weighted by atomic mass is 32.1. The van der Waals surface area contributed by atoms with Crippen molar-refractivity contribution in [3.63, 3.8) is 0 Å². The molecule has 3 rings (SSSR count). The summed E-state index contributed by atoms with van der Waals surface area (Å²) in [5.74, 6) is 0.824. The van der Waals surface area contributed by atoms with Gasteiger partial charge in [0, 0.05) is 13.1 Å². The fourth-order valence-electron chi connectivity index (χ4n) is 3.06.